The number of hydrogen-bond donors (Lipinski definition) is 1. The minimum absolute atomic E-state index is 0.0209. The normalized spacial score (nSPS) is 11.1. The fourth-order valence-electron chi connectivity index (χ4n) is 2.50. The molecule has 0 aliphatic heterocycles. The van der Waals surface area contributed by atoms with Crippen molar-refractivity contribution in [1.29, 1.82) is 0 Å². The zero-order valence-electron chi connectivity index (χ0n) is 12.3. The molecule has 2 nitrogen and oxygen atoms in total. The summed E-state index contributed by atoms with van der Waals surface area (Å²) < 4.78 is 0. The number of ketones is 1. The van der Waals surface area contributed by atoms with Crippen LogP contribution in [-0.4, -0.2) is 10.9 Å². The van der Waals surface area contributed by atoms with Crippen LogP contribution >= 0.6 is 0 Å². The highest BCUT2D eigenvalue weighted by Crippen LogP contribution is 2.22. The smallest absolute Gasteiger partial charge is 0.189 e. The van der Waals surface area contributed by atoms with Crippen LogP contribution in [0.3, 0.4) is 0 Å². The van der Waals surface area contributed by atoms with E-state index in [4.69, 9.17) is 0 Å². The van der Waals surface area contributed by atoms with Crippen LogP contribution < -0.4 is 0 Å². The van der Waals surface area contributed by atoms with Gasteiger partial charge in [0.05, 0.1) is 5.56 Å². The number of aryl methyl sites for hydroxylation is 1. The average molecular weight is 288 g/mol. The van der Waals surface area contributed by atoms with E-state index < -0.39 is 0 Å². The van der Waals surface area contributed by atoms with Gasteiger partial charge in [0.2, 0.25) is 0 Å². The molecule has 0 radical (unpaired) electrons. The zero-order valence-corrected chi connectivity index (χ0v) is 12.3. The van der Waals surface area contributed by atoms with Gasteiger partial charge in [-0.25, -0.2) is 0 Å². The summed E-state index contributed by atoms with van der Waals surface area (Å²) in [5.74, 6) is -0.182. The monoisotopic (exact) mass is 288 g/mol. The summed E-state index contributed by atoms with van der Waals surface area (Å²) in [6, 6.07) is 19.1. The lowest BCUT2D eigenvalue weighted by molar-refractivity contribution is 0.104. The van der Waals surface area contributed by atoms with Gasteiger partial charge in [-0.2, -0.15) is 0 Å². The van der Waals surface area contributed by atoms with Crippen LogP contribution in [0.15, 0.2) is 66.7 Å². The maximum atomic E-state index is 12.2. The fourth-order valence-corrected chi connectivity index (χ4v) is 2.50. The molecule has 108 valence electrons. The first-order valence-corrected chi connectivity index (χ1v) is 7.15. The predicted molar refractivity (Wildman–Crippen MR) is 90.2 cm³/mol. The number of allylic oxidation sites excluding steroid dienone is 1. The second kappa shape index (κ2) is 5.86. The third-order valence-corrected chi connectivity index (χ3v) is 3.66. The minimum atomic E-state index is -0.203. The number of carbonyl (C=O) groups excluding carboxylic acids is 1. The quantitative estimate of drug-likeness (QED) is 0.558. The lowest BCUT2D eigenvalue weighted by Gasteiger charge is -2.03. The van der Waals surface area contributed by atoms with Crippen LogP contribution in [0.1, 0.15) is 21.5 Å². The summed E-state index contributed by atoms with van der Waals surface area (Å²) in [5, 5.41) is 12.1. The number of fused-ring (bicyclic) bond motifs is 1. The molecule has 3 aromatic rings. The molecule has 0 spiro atoms. The standard InChI is InChI=1S/C20H16O2/c1-14-9-11-18(20(22)13-14)19(21)12-10-16-7-4-6-15-5-2-3-8-17(15)16/h2-13,22H,1H3/b12-10+. The molecule has 22 heavy (non-hydrogen) atoms. The van der Waals surface area contributed by atoms with Crippen molar-refractivity contribution in [3.63, 3.8) is 0 Å². The highest BCUT2D eigenvalue weighted by atomic mass is 16.3. The SMILES string of the molecule is Cc1ccc(C(=O)/C=C/c2cccc3ccccc23)c(O)c1. The van der Waals surface area contributed by atoms with E-state index in [0.717, 1.165) is 21.9 Å². The van der Waals surface area contributed by atoms with Crippen LogP contribution in [0.5, 0.6) is 5.75 Å². The van der Waals surface area contributed by atoms with Gasteiger partial charge in [0.1, 0.15) is 5.75 Å². The van der Waals surface area contributed by atoms with Crippen molar-refractivity contribution in [1.82, 2.24) is 0 Å². The number of hydrogen-bond acceptors (Lipinski definition) is 2. The number of aromatic hydroxyl groups is 1. The lowest BCUT2D eigenvalue weighted by Crippen LogP contribution is -1.95. The lowest BCUT2D eigenvalue weighted by atomic mass is 10.0. The predicted octanol–water partition coefficient (Wildman–Crippen LogP) is 4.75. The van der Waals surface area contributed by atoms with Crippen LogP contribution in [0.4, 0.5) is 0 Å². The summed E-state index contributed by atoms with van der Waals surface area (Å²) in [6.07, 6.45) is 3.30. The van der Waals surface area contributed by atoms with Gasteiger partial charge in [-0.15, -0.1) is 0 Å². The largest absolute Gasteiger partial charge is 0.507 e. The third-order valence-electron chi connectivity index (χ3n) is 3.66. The Morgan fingerprint density at radius 1 is 1.00 bits per heavy atom. The van der Waals surface area contributed by atoms with Crippen LogP contribution in [0.25, 0.3) is 16.8 Å². The number of phenolic OH excluding ortho intramolecular Hbond substituents is 1. The third kappa shape index (κ3) is 2.77. The molecule has 0 saturated heterocycles. The summed E-state index contributed by atoms with van der Waals surface area (Å²) in [5.41, 5.74) is 2.23. The Morgan fingerprint density at radius 2 is 1.77 bits per heavy atom. The van der Waals surface area contributed by atoms with Crippen molar-refractivity contribution in [2.45, 2.75) is 6.92 Å². The average Bonchev–Trinajstić information content (AvgIpc) is 2.52. The maximum Gasteiger partial charge on any atom is 0.189 e. The van der Waals surface area contributed by atoms with Crippen molar-refractivity contribution in [3.8, 4) is 5.75 Å². The van der Waals surface area contributed by atoms with Gasteiger partial charge in [-0.3, -0.25) is 4.79 Å². The Labute approximate surface area is 129 Å². The van der Waals surface area contributed by atoms with Crippen molar-refractivity contribution in [2.75, 3.05) is 0 Å². The van der Waals surface area contributed by atoms with Gasteiger partial charge in [0, 0.05) is 0 Å². The van der Waals surface area contributed by atoms with Crippen molar-refractivity contribution in [2.24, 2.45) is 0 Å². The molecule has 0 unspecified atom stereocenters. The van der Waals surface area contributed by atoms with Crippen LogP contribution in [-0.2, 0) is 0 Å². The Kier molecular flexibility index (Phi) is 3.75. The number of benzene rings is 3. The molecular weight excluding hydrogens is 272 g/mol. The summed E-state index contributed by atoms with van der Waals surface area (Å²) >= 11 is 0. The van der Waals surface area contributed by atoms with Crippen molar-refractivity contribution >= 4 is 22.6 Å². The Hall–Kier alpha value is -2.87. The summed E-state index contributed by atoms with van der Waals surface area (Å²) in [7, 11) is 0. The molecule has 3 aromatic carbocycles. The highest BCUT2D eigenvalue weighted by molar-refractivity contribution is 6.09. The fraction of sp³-hybridized carbons (Fsp3) is 0.0500. The number of phenols is 1. The molecule has 0 bridgehead atoms. The Balaban J connectivity index is 1.94. The van der Waals surface area contributed by atoms with Gasteiger partial charge in [-0.05, 0) is 47.0 Å². The van der Waals surface area contributed by atoms with Crippen LogP contribution in [0, 0.1) is 6.92 Å². The molecular formula is C20H16O2. The zero-order chi connectivity index (χ0) is 15.5. The molecule has 0 saturated carbocycles. The molecule has 0 aliphatic carbocycles. The molecule has 1 N–H and O–H groups in total. The van der Waals surface area contributed by atoms with E-state index in [2.05, 4.69) is 0 Å². The van der Waals surface area contributed by atoms with Crippen LogP contribution in [0.2, 0.25) is 0 Å². The van der Waals surface area contributed by atoms with Gasteiger partial charge < -0.3 is 5.11 Å². The number of carbonyl (C=O) groups is 1. The van der Waals surface area contributed by atoms with E-state index in [9.17, 15) is 9.90 Å². The minimum Gasteiger partial charge on any atom is -0.507 e. The van der Waals surface area contributed by atoms with E-state index in [1.807, 2.05) is 55.5 Å². The van der Waals surface area contributed by atoms with Gasteiger partial charge >= 0.3 is 0 Å². The molecule has 0 amide bonds. The molecule has 0 aliphatic rings. The first kappa shape index (κ1) is 14.1. The maximum absolute atomic E-state index is 12.2. The molecule has 0 atom stereocenters. The van der Waals surface area contributed by atoms with Gasteiger partial charge in [0.25, 0.3) is 0 Å². The molecule has 2 heteroatoms. The second-order valence-electron chi connectivity index (χ2n) is 5.29. The van der Waals surface area contributed by atoms with E-state index in [1.165, 1.54) is 6.08 Å². The first-order chi connectivity index (χ1) is 10.6. The van der Waals surface area contributed by atoms with Crippen molar-refractivity contribution in [3.05, 3.63) is 83.4 Å². The second-order valence-corrected chi connectivity index (χ2v) is 5.29. The summed E-state index contributed by atoms with van der Waals surface area (Å²) in [6.45, 7) is 1.87. The number of rotatable bonds is 3. The summed E-state index contributed by atoms with van der Waals surface area (Å²) in [4.78, 5) is 12.2. The molecule has 0 heterocycles. The topological polar surface area (TPSA) is 37.3 Å². The van der Waals surface area contributed by atoms with E-state index in [-0.39, 0.29) is 11.5 Å². The molecule has 3 rings (SSSR count). The van der Waals surface area contributed by atoms with E-state index >= 15 is 0 Å². The molecule has 0 fully saturated rings. The highest BCUT2D eigenvalue weighted by Gasteiger charge is 2.08. The van der Waals surface area contributed by atoms with Gasteiger partial charge in [0.15, 0.2) is 5.78 Å². The van der Waals surface area contributed by atoms with Crippen molar-refractivity contribution < 1.29 is 9.90 Å². The first-order valence-electron chi connectivity index (χ1n) is 7.15. The Bertz CT molecular complexity index is 871. The Morgan fingerprint density at radius 3 is 2.59 bits per heavy atom. The van der Waals surface area contributed by atoms with Gasteiger partial charge in [-0.1, -0.05) is 54.6 Å². The van der Waals surface area contributed by atoms with E-state index in [1.54, 1.807) is 18.2 Å². The molecule has 0 aromatic heterocycles. The van der Waals surface area contributed by atoms with E-state index in [0.29, 0.717) is 5.56 Å².